The van der Waals surface area contributed by atoms with Crippen LogP contribution in [-0.2, 0) is 4.79 Å². The van der Waals surface area contributed by atoms with Crippen LogP contribution in [0.15, 0.2) is 48.5 Å². The van der Waals surface area contributed by atoms with Gasteiger partial charge in [-0.05, 0) is 43.3 Å². The first-order chi connectivity index (χ1) is 11.1. The van der Waals surface area contributed by atoms with Crippen LogP contribution < -0.4 is 16.0 Å². The number of anilines is 2. The van der Waals surface area contributed by atoms with Crippen LogP contribution in [0.25, 0.3) is 0 Å². The molecule has 5 nitrogen and oxygen atoms in total. The second-order valence-electron chi connectivity index (χ2n) is 4.82. The fourth-order valence-electron chi connectivity index (χ4n) is 1.95. The Kier molecular flexibility index (Phi) is 6.00. The van der Waals surface area contributed by atoms with Crippen molar-refractivity contribution in [2.45, 2.75) is 6.92 Å². The Balaban J connectivity index is 1.88. The van der Waals surface area contributed by atoms with Gasteiger partial charge < -0.3 is 16.0 Å². The first-order valence-corrected chi connectivity index (χ1v) is 7.64. The van der Waals surface area contributed by atoms with E-state index in [2.05, 4.69) is 16.0 Å². The largest absolute Gasteiger partial charge is 0.375 e. The molecule has 2 rings (SSSR count). The van der Waals surface area contributed by atoms with E-state index in [1.807, 2.05) is 19.1 Å². The Morgan fingerprint density at radius 3 is 2.39 bits per heavy atom. The molecule has 0 fully saturated rings. The number of para-hydroxylation sites is 1. The van der Waals surface area contributed by atoms with Crippen LogP contribution >= 0.6 is 11.6 Å². The lowest BCUT2D eigenvalue weighted by molar-refractivity contribution is -0.114. The second-order valence-corrected chi connectivity index (χ2v) is 5.23. The quantitative estimate of drug-likeness (QED) is 0.761. The molecule has 2 aromatic rings. The van der Waals surface area contributed by atoms with E-state index in [-0.39, 0.29) is 18.4 Å². The van der Waals surface area contributed by atoms with Gasteiger partial charge in [-0.2, -0.15) is 0 Å². The molecule has 0 bridgehead atoms. The molecular weight excluding hydrogens is 314 g/mol. The maximum Gasteiger partial charge on any atom is 0.251 e. The van der Waals surface area contributed by atoms with Crippen LogP contribution in [-0.4, -0.2) is 24.9 Å². The van der Waals surface area contributed by atoms with E-state index in [0.717, 1.165) is 0 Å². The van der Waals surface area contributed by atoms with E-state index < -0.39 is 0 Å². The average Bonchev–Trinajstić information content (AvgIpc) is 2.55. The zero-order valence-corrected chi connectivity index (χ0v) is 13.5. The van der Waals surface area contributed by atoms with Crippen molar-refractivity contribution in [3.05, 3.63) is 59.1 Å². The summed E-state index contributed by atoms with van der Waals surface area (Å²) in [6.07, 6.45) is 0. The summed E-state index contributed by atoms with van der Waals surface area (Å²) in [5.74, 6) is -0.332. The molecule has 0 aliphatic rings. The Hall–Kier alpha value is -2.53. The highest BCUT2D eigenvalue weighted by atomic mass is 35.5. The van der Waals surface area contributed by atoms with Gasteiger partial charge in [0.05, 0.1) is 17.3 Å². The number of carbonyl (C=O) groups is 2. The van der Waals surface area contributed by atoms with Gasteiger partial charge in [0.1, 0.15) is 0 Å². The topological polar surface area (TPSA) is 70.2 Å². The minimum Gasteiger partial charge on any atom is -0.375 e. The Morgan fingerprint density at radius 2 is 1.74 bits per heavy atom. The lowest BCUT2D eigenvalue weighted by Gasteiger charge is -2.09. The van der Waals surface area contributed by atoms with Crippen molar-refractivity contribution in [2.75, 3.05) is 23.7 Å². The highest BCUT2D eigenvalue weighted by molar-refractivity contribution is 6.33. The van der Waals surface area contributed by atoms with Crippen molar-refractivity contribution >= 4 is 34.8 Å². The van der Waals surface area contributed by atoms with Crippen LogP contribution in [0, 0.1) is 0 Å². The number of benzene rings is 2. The fourth-order valence-corrected chi connectivity index (χ4v) is 2.16. The van der Waals surface area contributed by atoms with Gasteiger partial charge in [-0.25, -0.2) is 0 Å². The Morgan fingerprint density at radius 1 is 1.04 bits per heavy atom. The molecule has 0 aliphatic carbocycles. The van der Waals surface area contributed by atoms with Crippen molar-refractivity contribution in [2.24, 2.45) is 0 Å². The molecule has 0 unspecified atom stereocenters. The van der Waals surface area contributed by atoms with Gasteiger partial charge in [0.2, 0.25) is 5.91 Å². The Bertz CT molecular complexity index is 686. The summed E-state index contributed by atoms with van der Waals surface area (Å²) in [5, 5.41) is 9.00. The molecule has 0 saturated heterocycles. The summed E-state index contributed by atoms with van der Waals surface area (Å²) in [4.78, 5) is 23.6. The summed E-state index contributed by atoms with van der Waals surface area (Å²) in [5.41, 5.74) is 1.89. The third kappa shape index (κ3) is 5.00. The molecule has 120 valence electrons. The molecular formula is C17H18ClN3O2. The molecule has 2 amide bonds. The number of rotatable bonds is 6. The van der Waals surface area contributed by atoms with Gasteiger partial charge in [0.25, 0.3) is 5.91 Å². The summed E-state index contributed by atoms with van der Waals surface area (Å²) in [7, 11) is 0. The second kappa shape index (κ2) is 8.19. The van der Waals surface area contributed by atoms with Gasteiger partial charge in [0, 0.05) is 17.8 Å². The predicted octanol–water partition coefficient (Wildman–Crippen LogP) is 3.14. The fraction of sp³-hybridized carbons (Fsp3) is 0.176. The standard InChI is InChI=1S/C17H18ClN3O2/c1-2-19-17(23)12-7-9-13(10-8-12)21-16(22)11-20-15-6-4-3-5-14(15)18/h3-10,20H,2,11H2,1H3,(H,19,23)(H,21,22). The molecule has 0 aromatic heterocycles. The number of carbonyl (C=O) groups excluding carboxylic acids is 2. The molecule has 0 aliphatic heterocycles. The zero-order valence-electron chi connectivity index (χ0n) is 12.7. The summed E-state index contributed by atoms with van der Waals surface area (Å²) >= 11 is 6.01. The molecule has 0 heterocycles. The maximum absolute atomic E-state index is 11.9. The monoisotopic (exact) mass is 331 g/mol. The van der Waals surface area contributed by atoms with E-state index >= 15 is 0 Å². The minimum atomic E-state index is -0.198. The summed E-state index contributed by atoms with van der Waals surface area (Å²) in [6.45, 7) is 2.53. The number of amides is 2. The molecule has 6 heteroatoms. The molecule has 0 spiro atoms. The van der Waals surface area contributed by atoms with Crippen LogP contribution in [0.2, 0.25) is 5.02 Å². The highest BCUT2D eigenvalue weighted by Gasteiger charge is 2.06. The van der Waals surface area contributed by atoms with Crippen molar-refractivity contribution in [1.82, 2.24) is 5.32 Å². The highest BCUT2D eigenvalue weighted by Crippen LogP contribution is 2.20. The van der Waals surface area contributed by atoms with Crippen molar-refractivity contribution in [3.8, 4) is 0 Å². The lowest BCUT2D eigenvalue weighted by atomic mass is 10.2. The molecule has 0 radical (unpaired) electrons. The lowest BCUT2D eigenvalue weighted by Crippen LogP contribution is -2.23. The minimum absolute atomic E-state index is 0.0990. The van der Waals surface area contributed by atoms with Gasteiger partial charge in [-0.3, -0.25) is 9.59 Å². The third-order valence-corrected chi connectivity index (χ3v) is 3.41. The first-order valence-electron chi connectivity index (χ1n) is 7.26. The number of hydrogen-bond donors (Lipinski definition) is 3. The smallest absolute Gasteiger partial charge is 0.251 e. The van der Waals surface area contributed by atoms with Crippen molar-refractivity contribution in [3.63, 3.8) is 0 Å². The molecule has 23 heavy (non-hydrogen) atoms. The summed E-state index contributed by atoms with van der Waals surface area (Å²) in [6, 6.07) is 13.9. The molecule has 0 atom stereocenters. The van der Waals surface area contributed by atoms with Gasteiger partial charge in [-0.1, -0.05) is 23.7 Å². The normalized spacial score (nSPS) is 10.0. The first kappa shape index (κ1) is 16.8. The van der Waals surface area contributed by atoms with E-state index in [1.165, 1.54) is 0 Å². The molecule has 0 saturated carbocycles. The number of hydrogen-bond acceptors (Lipinski definition) is 3. The van der Waals surface area contributed by atoms with Crippen LogP contribution in [0.1, 0.15) is 17.3 Å². The third-order valence-electron chi connectivity index (χ3n) is 3.08. The Labute approximate surface area is 140 Å². The average molecular weight is 332 g/mol. The maximum atomic E-state index is 11.9. The van der Waals surface area contributed by atoms with Gasteiger partial charge in [-0.15, -0.1) is 0 Å². The van der Waals surface area contributed by atoms with Crippen molar-refractivity contribution in [1.29, 1.82) is 0 Å². The van der Waals surface area contributed by atoms with Crippen LogP contribution in [0.3, 0.4) is 0 Å². The predicted molar refractivity (Wildman–Crippen MR) is 93.0 cm³/mol. The van der Waals surface area contributed by atoms with Crippen LogP contribution in [0.5, 0.6) is 0 Å². The van der Waals surface area contributed by atoms with E-state index in [0.29, 0.717) is 28.5 Å². The molecule has 2 aromatic carbocycles. The molecule has 3 N–H and O–H groups in total. The van der Waals surface area contributed by atoms with Crippen molar-refractivity contribution < 1.29 is 9.59 Å². The number of halogens is 1. The van der Waals surface area contributed by atoms with E-state index in [4.69, 9.17) is 11.6 Å². The van der Waals surface area contributed by atoms with Gasteiger partial charge in [0.15, 0.2) is 0 Å². The van der Waals surface area contributed by atoms with E-state index in [1.54, 1.807) is 36.4 Å². The number of nitrogens with one attached hydrogen (secondary N) is 3. The SMILES string of the molecule is CCNC(=O)c1ccc(NC(=O)CNc2ccccc2Cl)cc1. The zero-order chi connectivity index (χ0) is 16.7. The summed E-state index contributed by atoms with van der Waals surface area (Å²) < 4.78 is 0. The van der Waals surface area contributed by atoms with Gasteiger partial charge >= 0.3 is 0 Å². The van der Waals surface area contributed by atoms with Crippen LogP contribution in [0.4, 0.5) is 11.4 Å². The van der Waals surface area contributed by atoms with E-state index in [9.17, 15) is 9.59 Å².